The Hall–Kier alpha value is -4.58. The fourth-order valence-electron chi connectivity index (χ4n) is 6.35. The second-order valence-corrected chi connectivity index (χ2v) is 12.4. The summed E-state index contributed by atoms with van der Waals surface area (Å²) in [7, 11) is 0. The molecule has 3 heterocycles. The Labute approximate surface area is 258 Å². The summed E-state index contributed by atoms with van der Waals surface area (Å²) < 4.78 is 6.71. The zero-order chi connectivity index (χ0) is 31.3. The number of benzene rings is 2. The van der Waals surface area contributed by atoms with Crippen molar-refractivity contribution in [2.75, 3.05) is 18.8 Å². The molecule has 2 aromatic heterocycles. The molecule has 6 rings (SSSR count). The van der Waals surface area contributed by atoms with Crippen molar-refractivity contribution in [3.8, 4) is 11.5 Å². The summed E-state index contributed by atoms with van der Waals surface area (Å²) >= 11 is 1.20. The van der Waals surface area contributed by atoms with Gasteiger partial charge in [0.25, 0.3) is 5.91 Å². The number of nitrogens with zero attached hydrogens (tertiary/aromatic N) is 2. The van der Waals surface area contributed by atoms with Gasteiger partial charge >= 0.3 is 0 Å². The molecule has 1 saturated heterocycles. The summed E-state index contributed by atoms with van der Waals surface area (Å²) in [5.41, 5.74) is 22.1. The highest BCUT2D eigenvalue weighted by atomic mass is 32.1. The number of aryl methyl sites for hydroxylation is 2. The molecule has 11 heteroatoms. The second kappa shape index (κ2) is 11.2. The maximum Gasteiger partial charge on any atom is 0.262 e. The highest BCUT2D eigenvalue weighted by Gasteiger charge is 2.49. The molecule has 3 atom stereocenters. The fraction of sp³-hybridized carbons (Fsp3) is 0.273. The van der Waals surface area contributed by atoms with Crippen LogP contribution in [-0.4, -0.2) is 46.6 Å². The van der Waals surface area contributed by atoms with Gasteiger partial charge in [-0.3, -0.25) is 19.4 Å². The Bertz CT molecular complexity index is 1850. The molecule has 3 unspecified atom stereocenters. The van der Waals surface area contributed by atoms with Crippen LogP contribution in [0.1, 0.15) is 56.5 Å². The van der Waals surface area contributed by atoms with E-state index in [1.165, 1.54) is 17.4 Å². The number of hydrogen-bond acceptors (Lipinski definition) is 9. The molecule has 0 bridgehead atoms. The minimum Gasteiger partial charge on any atom is -0.455 e. The molecule has 7 N–H and O–H groups in total. The molecule has 1 fully saturated rings. The van der Waals surface area contributed by atoms with E-state index in [0.29, 0.717) is 61.9 Å². The van der Waals surface area contributed by atoms with Gasteiger partial charge in [-0.25, -0.2) is 0 Å². The van der Waals surface area contributed by atoms with Crippen molar-refractivity contribution in [3.05, 3.63) is 94.1 Å². The third-order valence-electron chi connectivity index (χ3n) is 8.57. The van der Waals surface area contributed by atoms with Crippen LogP contribution in [0.2, 0.25) is 0 Å². The summed E-state index contributed by atoms with van der Waals surface area (Å²) in [6.45, 7) is 8.28. The van der Waals surface area contributed by atoms with Gasteiger partial charge in [0.2, 0.25) is 5.91 Å². The number of anilines is 1. The first-order chi connectivity index (χ1) is 21.0. The average molecular weight is 611 g/mol. The van der Waals surface area contributed by atoms with E-state index >= 15 is 0 Å². The maximum atomic E-state index is 14.2. The lowest BCUT2D eigenvalue weighted by Gasteiger charge is -2.37. The van der Waals surface area contributed by atoms with Gasteiger partial charge in [-0.15, -0.1) is 11.3 Å². The lowest BCUT2D eigenvalue weighted by atomic mass is 9.69. The van der Waals surface area contributed by atoms with Gasteiger partial charge in [-0.2, -0.15) is 0 Å². The molecule has 0 saturated carbocycles. The zero-order valence-electron chi connectivity index (χ0n) is 24.6. The third-order valence-corrected chi connectivity index (χ3v) is 9.82. The Morgan fingerprint density at radius 1 is 1.20 bits per heavy atom. The van der Waals surface area contributed by atoms with E-state index in [1.54, 1.807) is 41.4 Å². The van der Waals surface area contributed by atoms with Gasteiger partial charge in [-0.1, -0.05) is 18.7 Å². The third kappa shape index (κ3) is 4.73. The summed E-state index contributed by atoms with van der Waals surface area (Å²) in [6.07, 6.45) is 4.44. The summed E-state index contributed by atoms with van der Waals surface area (Å²) in [4.78, 5) is 46.4. The molecule has 1 aliphatic heterocycles. The van der Waals surface area contributed by atoms with Crippen LogP contribution in [-0.2, 0) is 15.1 Å². The molecule has 44 heavy (non-hydrogen) atoms. The Morgan fingerprint density at radius 3 is 2.70 bits per heavy atom. The van der Waals surface area contributed by atoms with Crippen LogP contribution in [0.15, 0.2) is 61.3 Å². The average Bonchev–Trinajstić information content (AvgIpc) is 3.42. The lowest BCUT2D eigenvalue weighted by molar-refractivity contribution is -0.127. The number of hydrogen-bond donors (Lipinski definition) is 4. The van der Waals surface area contributed by atoms with Crippen molar-refractivity contribution in [1.29, 1.82) is 0 Å². The zero-order valence-corrected chi connectivity index (χ0v) is 25.4. The summed E-state index contributed by atoms with van der Waals surface area (Å²) in [6, 6.07) is 11.1. The number of Topliss-reactive ketones (excluding diaryl/α,β-unsaturated/α-hetero) is 1. The quantitative estimate of drug-likeness (QED) is 0.188. The number of carbonyl (C=O) groups excluding carboxylic acids is 3. The Balaban J connectivity index is 1.39. The lowest BCUT2D eigenvalue weighted by Crippen LogP contribution is -2.53. The molecular weight excluding hydrogens is 576 g/mol. The van der Waals surface area contributed by atoms with E-state index in [1.807, 2.05) is 26.0 Å². The first kappa shape index (κ1) is 29.5. The van der Waals surface area contributed by atoms with Gasteiger partial charge in [0.15, 0.2) is 5.78 Å². The Morgan fingerprint density at radius 2 is 1.98 bits per heavy atom. The van der Waals surface area contributed by atoms with Crippen molar-refractivity contribution in [1.82, 2.24) is 15.2 Å². The van der Waals surface area contributed by atoms with Crippen LogP contribution in [0, 0.1) is 13.8 Å². The summed E-state index contributed by atoms with van der Waals surface area (Å²) in [5.74, 6) is 0.240. The number of pyridine rings is 1. The van der Waals surface area contributed by atoms with Crippen molar-refractivity contribution in [2.45, 2.75) is 44.3 Å². The molecule has 4 aromatic rings. The molecule has 2 amide bonds. The van der Waals surface area contributed by atoms with Crippen LogP contribution in [0.4, 0.5) is 5.69 Å². The van der Waals surface area contributed by atoms with Gasteiger partial charge in [0, 0.05) is 42.0 Å². The van der Waals surface area contributed by atoms with E-state index < -0.39 is 17.4 Å². The van der Waals surface area contributed by atoms with E-state index in [2.05, 4.69) is 16.9 Å². The van der Waals surface area contributed by atoms with Crippen LogP contribution in [0.5, 0.6) is 11.5 Å². The molecule has 2 aliphatic rings. The smallest absolute Gasteiger partial charge is 0.262 e. The monoisotopic (exact) mass is 610 g/mol. The Kier molecular flexibility index (Phi) is 7.48. The number of amides is 2. The van der Waals surface area contributed by atoms with Crippen LogP contribution < -0.4 is 27.3 Å². The molecule has 10 nitrogen and oxygen atoms in total. The van der Waals surface area contributed by atoms with Crippen molar-refractivity contribution in [2.24, 2.45) is 11.5 Å². The molecule has 1 aliphatic carbocycles. The van der Waals surface area contributed by atoms with E-state index in [0.717, 1.165) is 24.1 Å². The van der Waals surface area contributed by atoms with E-state index in [-0.39, 0.29) is 17.9 Å². The van der Waals surface area contributed by atoms with Crippen molar-refractivity contribution >= 4 is 44.7 Å². The van der Waals surface area contributed by atoms with E-state index in [9.17, 15) is 14.4 Å². The van der Waals surface area contributed by atoms with Gasteiger partial charge in [0.05, 0.1) is 21.3 Å². The number of likely N-dealkylation sites (tertiary alicyclic amines) is 1. The standard InChI is InChI=1S/C33H34N6O4S/c1-4-25(40)39-14-6-7-19(16-39)38-32(42)30-27-26-22(11-12-23(34)29(26)44-30)33(36,31(41)28(27)35)21-10-9-20(15-17(21)2)43-24-8-5-13-37-18(24)3/h4-5,8-13,15,19,28H,1,6-7,14,16,34-36H2,2-3H3,(H,38,42). The largest absolute Gasteiger partial charge is 0.455 e. The van der Waals surface area contributed by atoms with Crippen molar-refractivity contribution in [3.63, 3.8) is 0 Å². The number of aromatic nitrogens is 1. The topological polar surface area (TPSA) is 167 Å². The number of ketones is 1. The molecule has 0 radical (unpaired) electrons. The maximum absolute atomic E-state index is 14.2. The predicted molar refractivity (Wildman–Crippen MR) is 171 cm³/mol. The first-order valence-corrected chi connectivity index (χ1v) is 15.2. The minimum absolute atomic E-state index is 0.174. The predicted octanol–water partition coefficient (Wildman–Crippen LogP) is 3.98. The highest BCUT2D eigenvalue weighted by molar-refractivity contribution is 7.21. The molecule has 226 valence electrons. The SMILES string of the molecule is C=CC(=O)N1CCCC(NC(=O)c2sc3c(N)ccc4c3c2C(N)C(=O)C4(N)c2ccc(Oc3cccnc3C)cc2C)C1. The normalized spacial score (nSPS) is 21.3. The second-order valence-electron chi connectivity index (χ2n) is 11.4. The first-order valence-electron chi connectivity index (χ1n) is 14.4. The van der Waals surface area contributed by atoms with Gasteiger partial charge < -0.3 is 32.2 Å². The number of nitrogens with one attached hydrogen (secondary N) is 1. The number of thiophene rings is 1. The number of carbonyl (C=O) groups is 3. The molecule has 0 spiro atoms. The van der Waals surface area contributed by atoms with Crippen LogP contribution in [0.3, 0.4) is 0 Å². The number of piperidine rings is 1. The van der Waals surface area contributed by atoms with Crippen LogP contribution in [0.25, 0.3) is 10.1 Å². The number of nitrogens with two attached hydrogens (primary N) is 3. The van der Waals surface area contributed by atoms with Crippen LogP contribution >= 0.6 is 11.3 Å². The summed E-state index contributed by atoms with van der Waals surface area (Å²) in [5, 5.41) is 3.69. The number of nitrogen functional groups attached to an aromatic ring is 1. The van der Waals surface area contributed by atoms with E-state index in [4.69, 9.17) is 21.9 Å². The van der Waals surface area contributed by atoms with Crippen molar-refractivity contribution < 1.29 is 19.1 Å². The number of ether oxygens (including phenoxy) is 1. The molecular formula is C33H34N6O4S. The van der Waals surface area contributed by atoms with Gasteiger partial charge in [-0.05, 0) is 79.8 Å². The highest BCUT2D eigenvalue weighted by Crippen LogP contribution is 2.50. The minimum atomic E-state index is -1.59. The number of rotatable bonds is 6. The van der Waals surface area contributed by atoms with Gasteiger partial charge in [0.1, 0.15) is 17.0 Å². The fourth-order valence-corrected chi connectivity index (χ4v) is 7.55. The molecule has 2 aromatic carbocycles.